The molecule has 1 aromatic carbocycles. The standard InChI is InChI=1S/C15H19N3/c1-10-5-7-11(8-6-10)14-17-12(15(2,3)4)9-13(16)18-14/h5-9H,1-4H3,(H2,16,17,18). The number of hydrogen-bond donors (Lipinski definition) is 1. The fourth-order valence-corrected chi connectivity index (χ4v) is 1.68. The fraction of sp³-hybridized carbons (Fsp3) is 0.333. The van der Waals surface area contributed by atoms with Crippen LogP contribution >= 0.6 is 0 Å². The Balaban J connectivity index is 2.52. The summed E-state index contributed by atoms with van der Waals surface area (Å²) in [5, 5.41) is 0. The zero-order valence-electron chi connectivity index (χ0n) is 11.4. The minimum Gasteiger partial charge on any atom is -0.384 e. The Bertz CT molecular complexity index is 551. The Kier molecular flexibility index (Phi) is 3.07. The van der Waals surface area contributed by atoms with Crippen molar-refractivity contribution in [3.8, 4) is 11.4 Å². The van der Waals surface area contributed by atoms with Crippen LogP contribution in [0.3, 0.4) is 0 Å². The van der Waals surface area contributed by atoms with Crippen molar-refractivity contribution >= 4 is 5.82 Å². The van der Waals surface area contributed by atoms with Crippen molar-refractivity contribution in [3.05, 3.63) is 41.6 Å². The van der Waals surface area contributed by atoms with E-state index in [4.69, 9.17) is 5.73 Å². The molecular formula is C15H19N3. The molecule has 0 atom stereocenters. The molecule has 1 aromatic heterocycles. The highest BCUT2D eigenvalue weighted by atomic mass is 14.9. The van der Waals surface area contributed by atoms with E-state index in [-0.39, 0.29) is 5.41 Å². The molecule has 0 unspecified atom stereocenters. The second-order valence-electron chi connectivity index (χ2n) is 5.62. The third-order valence-electron chi connectivity index (χ3n) is 2.82. The van der Waals surface area contributed by atoms with E-state index < -0.39 is 0 Å². The van der Waals surface area contributed by atoms with Crippen LogP contribution in [0, 0.1) is 6.92 Å². The number of aromatic nitrogens is 2. The van der Waals surface area contributed by atoms with Crippen LogP contribution in [0.5, 0.6) is 0 Å². The minimum absolute atomic E-state index is 0.0312. The molecule has 0 aliphatic heterocycles. The van der Waals surface area contributed by atoms with E-state index in [2.05, 4.69) is 49.8 Å². The van der Waals surface area contributed by atoms with Gasteiger partial charge in [0.05, 0.1) is 5.69 Å². The minimum atomic E-state index is -0.0312. The van der Waals surface area contributed by atoms with E-state index in [0.717, 1.165) is 11.3 Å². The van der Waals surface area contributed by atoms with Crippen molar-refractivity contribution in [3.63, 3.8) is 0 Å². The first-order chi connectivity index (χ1) is 8.36. The first-order valence-corrected chi connectivity index (χ1v) is 6.08. The van der Waals surface area contributed by atoms with Gasteiger partial charge in [-0.05, 0) is 6.92 Å². The maximum Gasteiger partial charge on any atom is 0.161 e. The van der Waals surface area contributed by atoms with E-state index in [9.17, 15) is 0 Å². The third-order valence-corrected chi connectivity index (χ3v) is 2.82. The number of benzene rings is 1. The van der Waals surface area contributed by atoms with Gasteiger partial charge in [0.25, 0.3) is 0 Å². The Morgan fingerprint density at radius 1 is 1.00 bits per heavy atom. The normalized spacial score (nSPS) is 11.6. The molecule has 1 heterocycles. The second-order valence-corrected chi connectivity index (χ2v) is 5.62. The van der Waals surface area contributed by atoms with Gasteiger partial charge in [-0.1, -0.05) is 50.6 Å². The average molecular weight is 241 g/mol. The van der Waals surface area contributed by atoms with Gasteiger partial charge in [0.1, 0.15) is 5.82 Å². The molecule has 0 amide bonds. The molecule has 2 rings (SSSR count). The molecule has 2 N–H and O–H groups in total. The Morgan fingerprint density at radius 2 is 1.61 bits per heavy atom. The van der Waals surface area contributed by atoms with Crippen LogP contribution in [0.1, 0.15) is 32.0 Å². The number of nitrogen functional groups attached to an aromatic ring is 1. The van der Waals surface area contributed by atoms with Gasteiger partial charge in [0.2, 0.25) is 0 Å². The number of aryl methyl sites for hydroxylation is 1. The molecule has 0 spiro atoms. The van der Waals surface area contributed by atoms with Crippen LogP contribution in [0.4, 0.5) is 5.82 Å². The molecule has 0 aliphatic rings. The molecule has 3 nitrogen and oxygen atoms in total. The lowest BCUT2D eigenvalue weighted by molar-refractivity contribution is 0.568. The van der Waals surface area contributed by atoms with Crippen molar-refractivity contribution in [2.24, 2.45) is 0 Å². The summed E-state index contributed by atoms with van der Waals surface area (Å²) >= 11 is 0. The highest BCUT2D eigenvalue weighted by Crippen LogP contribution is 2.24. The SMILES string of the molecule is Cc1ccc(-c2nc(N)cc(C(C)(C)C)n2)cc1. The Labute approximate surface area is 108 Å². The smallest absolute Gasteiger partial charge is 0.161 e. The van der Waals surface area contributed by atoms with E-state index in [0.29, 0.717) is 11.6 Å². The predicted molar refractivity (Wildman–Crippen MR) is 75.3 cm³/mol. The first kappa shape index (κ1) is 12.6. The molecule has 2 aromatic rings. The molecule has 0 bridgehead atoms. The topological polar surface area (TPSA) is 51.8 Å². The lowest BCUT2D eigenvalue weighted by atomic mass is 9.92. The van der Waals surface area contributed by atoms with Gasteiger partial charge in [0, 0.05) is 17.0 Å². The summed E-state index contributed by atoms with van der Waals surface area (Å²) < 4.78 is 0. The molecule has 18 heavy (non-hydrogen) atoms. The third kappa shape index (κ3) is 2.67. The summed E-state index contributed by atoms with van der Waals surface area (Å²) in [7, 11) is 0. The van der Waals surface area contributed by atoms with Crippen molar-refractivity contribution < 1.29 is 0 Å². The molecule has 94 valence electrons. The Morgan fingerprint density at radius 3 is 2.17 bits per heavy atom. The van der Waals surface area contributed by atoms with Crippen LogP contribution in [0.2, 0.25) is 0 Å². The zero-order valence-corrected chi connectivity index (χ0v) is 11.4. The summed E-state index contributed by atoms with van der Waals surface area (Å²) in [5.41, 5.74) is 9.02. The van der Waals surface area contributed by atoms with E-state index in [1.807, 2.05) is 18.2 Å². The quantitative estimate of drug-likeness (QED) is 0.833. The summed E-state index contributed by atoms with van der Waals surface area (Å²) in [5.74, 6) is 1.21. The van der Waals surface area contributed by atoms with E-state index in [1.165, 1.54) is 5.56 Å². The highest BCUT2D eigenvalue weighted by Gasteiger charge is 2.17. The lowest BCUT2D eigenvalue weighted by Gasteiger charge is -2.18. The number of anilines is 1. The molecule has 0 saturated heterocycles. The first-order valence-electron chi connectivity index (χ1n) is 6.08. The van der Waals surface area contributed by atoms with Crippen molar-refractivity contribution in [2.75, 3.05) is 5.73 Å². The molecule has 0 radical (unpaired) electrons. The van der Waals surface area contributed by atoms with Gasteiger partial charge >= 0.3 is 0 Å². The molecule has 0 fully saturated rings. The van der Waals surface area contributed by atoms with Crippen molar-refractivity contribution in [1.29, 1.82) is 0 Å². The van der Waals surface area contributed by atoms with Crippen LogP contribution in [0.15, 0.2) is 30.3 Å². The summed E-state index contributed by atoms with van der Waals surface area (Å²) in [6.45, 7) is 8.42. The van der Waals surface area contributed by atoms with Gasteiger partial charge in [-0.2, -0.15) is 0 Å². The number of hydrogen-bond acceptors (Lipinski definition) is 3. The molecule has 0 aliphatic carbocycles. The second kappa shape index (κ2) is 4.41. The monoisotopic (exact) mass is 241 g/mol. The summed E-state index contributed by atoms with van der Waals surface area (Å²) in [6.07, 6.45) is 0. The van der Waals surface area contributed by atoms with E-state index >= 15 is 0 Å². The Hall–Kier alpha value is -1.90. The summed E-state index contributed by atoms with van der Waals surface area (Å²) in [6, 6.07) is 10.0. The number of nitrogens with two attached hydrogens (primary N) is 1. The lowest BCUT2D eigenvalue weighted by Crippen LogP contribution is -2.15. The van der Waals surface area contributed by atoms with Crippen molar-refractivity contribution in [1.82, 2.24) is 9.97 Å². The summed E-state index contributed by atoms with van der Waals surface area (Å²) in [4.78, 5) is 8.93. The maximum absolute atomic E-state index is 5.87. The highest BCUT2D eigenvalue weighted by molar-refractivity contribution is 5.57. The van der Waals surface area contributed by atoms with E-state index in [1.54, 1.807) is 0 Å². The van der Waals surface area contributed by atoms with Crippen LogP contribution in [-0.4, -0.2) is 9.97 Å². The largest absolute Gasteiger partial charge is 0.384 e. The molecule has 3 heteroatoms. The van der Waals surface area contributed by atoms with Gasteiger partial charge in [-0.25, -0.2) is 9.97 Å². The maximum atomic E-state index is 5.87. The number of nitrogens with zero attached hydrogens (tertiary/aromatic N) is 2. The van der Waals surface area contributed by atoms with Gasteiger partial charge in [-0.3, -0.25) is 0 Å². The van der Waals surface area contributed by atoms with Gasteiger partial charge in [-0.15, -0.1) is 0 Å². The van der Waals surface area contributed by atoms with Gasteiger partial charge < -0.3 is 5.73 Å². The van der Waals surface area contributed by atoms with Crippen LogP contribution in [0.25, 0.3) is 11.4 Å². The molecule has 0 saturated carbocycles. The van der Waals surface area contributed by atoms with Gasteiger partial charge in [0.15, 0.2) is 5.82 Å². The predicted octanol–water partition coefficient (Wildman–Crippen LogP) is 3.33. The average Bonchev–Trinajstić information content (AvgIpc) is 2.28. The zero-order chi connectivity index (χ0) is 13.3. The number of rotatable bonds is 1. The van der Waals surface area contributed by atoms with Crippen molar-refractivity contribution in [2.45, 2.75) is 33.1 Å². The fourth-order valence-electron chi connectivity index (χ4n) is 1.68. The molecular weight excluding hydrogens is 222 g/mol. The van der Waals surface area contributed by atoms with Crippen LogP contribution < -0.4 is 5.73 Å². The van der Waals surface area contributed by atoms with Crippen LogP contribution in [-0.2, 0) is 5.41 Å².